The molecule has 1 aromatic carbocycles. The SMILES string of the molecule is CC(C)C(N)c1c(F)cc(Br)cc1F. The lowest BCUT2D eigenvalue weighted by Crippen LogP contribution is -2.19. The highest BCUT2D eigenvalue weighted by Gasteiger charge is 2.19. The van der Waals surface area contributed by atoms with Crippen molar-refractivity contribution < 1.29 is 8.78 Å². The summed E-state index contributed by atoms with van der Waals surface area (Å²) in [4.78, 5) is 0. The molecule has 0 saturated heterocycles. The van der Waals surface area contributed by atoms with Gasteiger partial charge in [-0.15, -0.1) is 0 Å². The Balaban J connectivity index is 3.20. The summed E-state index contributed by atoms with van der Waals surface area (Å²) in [5, 5.41) is 0. The van der Waals surface area contributed by atoms with Crippen molar-refractivity contribution in [1.82, 2.24) is 0 Å². The molecule has 78 valence electrons. The number of benzene rings is 1. The molecule has 1 aromatic rings. The Morgan fingerprint density at radius 1 is 1.21 bits per heavy atom. The van der Waals surface area contributed by atoms with Crippen molar-refractivity contribution in [2.24, 2.45) is 11.7 Å². The molecule has 0 radical (unpaired) electrons. The van der Waals surface area contributed by atoms with Crippen LogP contribution in [0.1, 0.15) is 25.5 Å². The maximum absolute atomic E-state index is 13.4. The Kier molecular flexibility index (Phi) is 3.61. The summed E-state index contributed by atoms with van der Waals surface area (Å²) >= 11 is 3.01. The predicted octanol–water partition coefficient (Wildman–Crippen LogP) is 3.38. The molecular weight excluding hydrogens is 252 g/mol. The van der Waals surface area contributed by atoms with Gasteiger partial charge < -0.3 is 5.73 Å². The Morgan fingerprint density at radius 3 is 2.00 bits per heavy atom. The average molecular weight is 264 g/mol. The van der Waals surface area contributed by atoms with Crippen LogP contribution in [0.4, 0.5) is 8.78 Å². The summed E-state index contributed by atoms with van der Waals surface area (Å²) in [5.41, 5.74) is 5.66. The van der Waals surface area contributed by atoms with Crippen LogP contribution in [0.5, 0.6) is 0 Å². The maximum atomic E-state index is 13.4. The van der Waals surface area contributed by atoms with Crippen LogP contribution in [0, 0.1) is 17.6 Å². The molecule has 0 aliphatic rings. The summed E-state index contributed by atoms with van der Waals surface area (Å²) in [6.45, 7) is 3.65. The van der Waals surface area contributed by atoms with E-state index in [-0.39, 0.29) is 11.5 Å². The van der Waals surface area contributed by atoms with E-state index >= 15 is 0 Å². The van der Waals surface area contributed by atoms with Crippen LogP contribution >= 0.6 is 15.9 Å². The quantitative estimate of drug-likeness (QED) is 0.870. The molecule has 1 atom stereocenters. The van der Waals surface area contributed by atoms with E-state index in [9.17, 15) is 8.78 Å². The summed E-state index contributed by atoms with van der Waals surface area (Å²) in [6, 6.07) is 1.84. The lowest BCUT2D eigenvalue weighted by atomic mass is 9.96. The third kappa shape index (κ3) is 2.30. The van der Waals surface area contributed by atoms with Crippen LogP contribution in [0.2, 0.25) is 0 Å². The Hall–Kier alpha value is -0.480. The zero-order chi connectivity index (χ0) is 10.9. The fraction of sp³-hybridized carbons (Fsp3) is 0.400. The summed E-state index contributed by atoms with van der Waals surface area (Å²) < 4.78 is 27.1. The van der Waals surface area contributed by atoms with Gasteiger partial charge in [0.05, 0.1) is 0 Å². The maximum Gasteiger partial charge on any atom is 0.132 e. The van der Waals surface area contributed by atoms with Gasteiger partial charge in [0.15, 0.2) is 0 Å². The van der Waals surface area contributed by atoms with Gasteiger partial charge in [-0.2, -0.15) is 0 Å². The van der Waals surface area contributed by atoms with Crippen LogP contribution in [0.15, 0.2) is 16.6 Å². The van der Waals surface area contributed by atoms with Crippen LogP contribution in [0.3, 0.4) is 0 Å². The standard InChI is InChI=1S/C10H12BrF2N/c1-5(2)10(14)9-7(12)3-6(11)4-8(9)13/h3-5,10H,14H2,1-2H3. The van der Waals surface area contributed by atoms with Crippen LogP contribution in [-0.2, 0) is 0 Å². The number of nitrogens with two attached hydrogens (primary N) is 1. The Morgan fingerprint density at radius 2 is 1.64 bits per heavy atom. The molecule has 0 fully saturated rings. The van der Waals surface area contributed by atoms with Gasteiger partial charge in [-0.25, -0.2) is 8.78 Å². The van der Waals surface area contributed by atoms with Crippen molar-refractivity contribution in [2.75, 3.05) is 0 Å². The lowest BCUT2D eigenvalue weighted by molar-refractivity contribution is 0.454. The topological polar surface area (TPSA) is 26.0 Å². The number of hydrogen-bond donors (Lipinski definition) is 1. The highest BCUT2D eigenvalue weighted by atomic mass is 79.9. The number of halogens is 3. The molecule has 0 aliphatic carbocycles. The molecule has 1 unspecified atom stereocenters. The summed E-state index contributed by atoms with van der Waals surface area (Å²) in [5.74, 6) is -1.20. The lowest BCUT2D eigenvalue weighted by Gasteiger charge is -2.17. The molecule has 4 heteroatoms. The third-order valence-corrected chi connectivity index (χ3v) is 2.55. The van der Waals surface area contributed by atoms with Crippen LogP contribution in [-0.4, -0.2) is 0 Å². The van der Waals surface area contributed by atoms with Gasteiger partial charge in [0.25, 0.3) is 0 Å². The minimum Gasteiger partial charge on any atom is -0.324 e. The molecule has 0 spiro atoms. The fourth-order valence-electron chi connectivity index (χ4n) is 1.21. The van der Waals surface area contributed by atoms with E-state index in [1.54, 1.807) is 0 Å². The van der Waals surface area contributed by atoms with Gasteiger partial charge in [-0.3, -0.25) is 0 Å². The van der Waals surface area contributed by atoms with Gasteiger partial charge >= 0.3 is 0 Å². The second-order valence-corrected chi connectivity index (χ2v) is 4.47. The van der Waals surface area contributed by atoms with E-state index in [1.807, 2.05) is 13.8 Å². The molecule has 0 saturated carbocycles. The second kappa shape index (κ2) is 4.36. The molecule has 0 aromatic heterocycles. The Labute approximate surface area is 90.4 Å². The molecular formula is C10H12BrF2N. The van der Waals surface area contributed by atoms with E-state index < -0.39 is 17.7 Å². The smallest absolute Gasteiger partial charge is 0.132 e. The summed E-state index contributed by atoms with van der Waals surface area (Å²) in [6.07, 6.45) is 0. The third-order valence-electron chi connectivity index (χ3n) is 2.10. The van der Waals surface area contributed by atoms with Gasteiger partial charge in [0.1, 0.15) is 11.6 Å². The van der Waals surface area contributed by atoms with Gasteiger partial charge in [-0.1, -0.05) is 29.8 Å². The minimum atomic E-state index is -0.608. The van der Waals surface area contributed by atoms with Gasteiger partial charge in [0, 0.05) is 16.1 Å². The zero-order valence-corrected chi connectivity index (χ0v) is 9.61. The first-order valence-corrected chi connectivity index (χ1v) is 5.12. The van der Waals surface area contributed by atoms with Crippen LogP contribution < -0.4 is 5.73 Å². The van der Waals surface area contributed by atoms with Crippen molar-refractivity contribution in [3.05, 3.63) is 33.8 Å². The average Bonchev–Trinajstić information content (AvgIpc) is 2.01. The van der Waals surface area contributed by atoms with Crippen molar-refractivity contribution >= 4 is 15.9 Å². The van der Waals surface area contributed by atoms with Crippen LogP contribution in [0.25, 0.3) is 0 Å². The molecule has 0 bridgehead atoms. The van der Waals surface area contributed by atoms with Crippen molar-refractivity contribution in [1.29, 1.82) is 0 Å². The highest BCUT2D eigenvalue weighted by Crippen LogP contribution is 2.27. The zero-order valence-electron chi connectivity index (χ0n) is 8.02. The molecule has 0 aliphatic heterocycles. The molecule has 1 rings (SSSR count). The fourth-order valence-corrected chi connectivity index (χ4v) is 1.61. The first kappa shape index (κ1) is 11.6. The largest absolute Gasteiger partial charge is 0.324 e. The normalized spacial score (nSPS) is 13.4. The molecule has 14 heavy (non-hydrogen) atoms. The van der Waals surface area contributed by atoms with E-state index in [2.05, 4.69) is 15.9 Å². The predicted molar refractivity (Wildman–Crippen MR) is 55.8 cm³/mol. The van der Waals surface area contributed by atoms with E-state index in [4.69, 9.17) is 5.73 Å². The minimum absolute atomic E-state index is 0.000163. The van der Waals surface area contributed by atoms with Crippen molar-refractivity contribution in [3.8, 4) is 0 Å². The molecule has 1 nitrogen and oxygen atoms in total. The molecule has 2 N–H and O–H groups in total. The first-order chi connectivity index (χ1) is 6.43. The van der Waals surface area contributed by atoms with E-state index in [1.165, 1.54) is 12.1 Å². The monoisotopic (exact) mass is 263 g/mol. The highest BCUT2D eigenvalue weighted by molar-refractivity contribution is 9.10. The van der Waals surface area contributed by atoms with Gasteiger partial charge in [0.2, 0.25) is 0 Å². The van der Waals surface area contributed by atoms with Gasteiger partial charge in [-0.05, 0) is 18.1 Å². The number of hydrogen-bond acceptors (Lipinski definition) is 1. The number of rotatable bonds is 2. The van der Waals surface area contributed by atoms with E-state index in [0.29, 0.717) is 4.47 Å². The molecule has 0 amide bonds. The second-order valence-electron chi connectivity index (χ2n) is 3.55. The van der Waals surface area contributed by atoms with E-state index in [0.717, 1.165) is 0 Å². The Bertz CT molecular complexity index is 316. The molecule has 0 heterocycles. The summed E-state index contributed by atoms with van der Waals surface area (Å²) in [7, 11) is 0. The van der Waals surface area contributed by atoms with Crippen molar-refractivity contribution in [3.63, 3.8) is 0 Å². The first-order valence-electron chi connectivity index (χ1n) is 4.33. The van der Waals surface area contributed by atoms with Crippen molar-refractivity contribution in [2.45, 2.75) is 19.9 Å².